The monoisotopic (exact) mass is 526 g/mol. The fourth-order valence-electron chi connectivity index (χ4n) is 5.44. The second-order valence-electron chi connectivity index (χ2n) is 9.95. The lowest BCUT2D eigenvalue weighted by molar-refractivity contribution is 0.207. The van der Waals surface area contributed by atoms with Gasteiger partial charge in [0.25, 0.3) is 0 Å². The molecule has 8 heteroatoms. The Bertz CT molecular complexity index is 1450. The molecule has 2 heterocycles. The highest BCUT2D eigenvalue weighted by atomic mass is 32.1. The largest absolute Gasteiger partial charge is 0.508 e. The summed E-state index contributed by atoms with van der Waals surface area (Å²) in [6, 6.07) is 23.2. The van der Waals surface area contributed by atoms with E-state index in [1.165, 1.54) is 15.8 Å². The molecule has 0 unspecified atom stereocenters. The van der Waals surface area contributed by atoms with Crippen LogP contribution in [0, 0.1) is 0 Å². The third kappa shape index (κ3) is 5.14. The Hall–Kier alpha value is -3.75. The molecule has 0 radical (unpaired) electrons. The van der Waals surface area contributed by atoms with Gasteiger partial charge in [0.05, 0.1) is 11.9 Å². The fraction of sp³-hybridized carbons (Fsp3) is 0.267. The van der Waals surface area contributed by atoms with Crippen LogP contribution in [-0.2, 0) is 19.4 Å². The summed E-state index contributed by atoms with van der Waals surface area (Å²) in [5.74, 6) is 0.592. The van der Waals surface area contributed by atoms with Crippen molar-refractivity contribution in [1.82, 2.24) is 14.7 Å². The van der Waals surface area contributed by atoms with Crippen molar-refractivity contribution in [3.05, 3.63) is 106 Å². The lowest BCUT2D eigenvalue weighted by Gasteiger charge is -2.36. The van der Waals surface area contributed by atoms with E-state index < -0.39 is 0 Å². The van der Waals surface area contributed by atoms with Crippen molar-refractivity contribution in [2.45, 2.75) is 30.4 Å². The number of hydrogen-bond acceptors (Lipinski definition) is 7. The number of aromatic hydroxyl groups is 1. The number of rotatable bonds is 6. The van der Waals surface area contributed by atoms with Gasteiger partial charge in [-0.25, -0.2) is 0 Å². The third-order valence-corrected chi connectivity index (χ3v) is 7.55. The van der Waals surface area contributed by atoms with E-state index in [1.807, 2.05) is 36.4 Å². The van der Waals surface area contributed by atoms with Crippen LogP contribution in [0.3, 0.4) is 0 Å². The highest BCUT2D eigenvalue weighted by Gasteiger charge is 2.28. The fourth-order valence-corrected chi connectivity index (χ4v) is 5.74. The van der Waals surface area contributed by atoms with E-state index in [0.717, 1.165) is 61.7 Å². The molecule has 0 spiro atoms. The van der Waals surface area contributed by atoms with Crippen molar-refractivity contribution >= 4 is 18.3 Å². The smallest absolute Gasteiger partial charge is 0.316 e. The van der Waals surface area contributed by atoms with Gasteiger partial charge in [-0.3, -0.25) is 9.69 Å². The second kappa shape index (κ2) is 10.6. The topological polar surface area (TPSA) is 70.8 Å². The van der Waals surface area contributed by atoms with Crippen LogP contribution >= 0.6 is 12.6 Å². The maximum Gasteiger partial charge on any atom is 0.316 e. The standard InChI is InChI=1S/C30H30N4O3S/c35-25-14-21(15-27(38)18-25)20-32-10-12-33(13-11-32)28-19-31-34(24-8-2-1-3-9-24)30(36)29(28)37-26-16-22-6-4-5-7-23(22)17-26/h1-9,14-15,18-19,26,35,38H,10-13,16-17,20H2. The molecule has 1 saturated heterocycles. The Morgan fingerprint density at radius 2 is 1.61 bits per heavy atom. The van der Waals surface area contributed by atoms with Crippen LogP contribution in [0.5, 0.6) is 11.5 Å². The number of benzene rings is 3. The first kappa shape index (κ1) is 24.6. The number of thiol groups is 1. The summed E-state index contributed by atoms with van der Waals surface area (Å²) in [6.45, 7) is 3.84. The number of phenolic OH excluding ortho intramolecular Hbond substituents is 1. The summed E-state index contributed by atoms with van der Waals surface area (Å²) in [5, 5.41) is 14.5. The van der Waals surface area contributed by atoms with E-state index in [4.69, 9.17) is 4.74 Å². The molecule has 1 aliphatic heterocycles. The number of aromatic nitrogens is 2. The molecule has 1 N–H and O–H groups in total. The number of anilines is 1. The molecule has 194 valence electrons. The molecular weight excluding hydrogens is 496 g/mol. The number of nitrogens with zero attached hydrogens (tertiary/aromatic N) is 4. The SMILES string of the molecule is O=c1c(OC2Cc3ccccc3C2)c(N2CCN(Cc3cc(O)cc(S)c3)CC2)cnn1-c1ccccc1. The van der Waals surface area contributed by atoms with Crippen LogP contribution in [0.25, 0.3) is 5.69 Å². The van der Waals surface area contributed by atoms with Gasteiger partial charge in [-0.15, -0.1) is 12.6 Å². The number of hydrogen-bond donors (Lipinski definition) is 2. The molecule has 3 aromatic carbocycles. The number of piperazine rings is 1. The van der Waals surface area contributed by atoms with E-state index in [0.29, 0.717) is 11.4 Å². The zero-order chi connectivity index (χ0) is 26.1. The maximum atomic E-state index is 13.8. The average molecular weight is 527 g/mol. The normalized spacial score (nSPS) is 16.0. The van der Waals surface area contributed by atoms with Gasteiger partial charge in [0.15, 0.2) is 0 Å². The van der Waals surface area contributed by atoms with Crippen LogP contribution < -0.4 is 15.2 Å². The molecule has 38 heavy (non-hydrogen) atoms. The van der Waals surface area contributed by atoms with Gasteiger partial charge in [0.2, 0.25) is 5.75 Å². The quantitative estimate of drug-likeness (QED) is 0.369. The van der Waals surface area contributed by atoms with Crippen LogP contribution in [0.2, 0.25) is 0 Å². The summed E-state index contributed by atoms with van der Waals surface area (Å²) >= 11 is 4.38. The van der Waals surface area contributed by atoms with Gasteiger partial charge in [0, 0.05) is 50.5 Å². The summed E-state index contributed by atoms with van der Waals surface area (Å²) < 4.78 is 7.94. The molecule has 4 aromatic rings. The molecule has 2 aliphatic rings. The molecule has 7 nitrogen and oxygen atoms in total. The van der Waals surface area contributed by atoms with Gasteiger partial charge in [0.1, 0.15) is 17.5 Å². The zero-order valence-electron chi connectivity index (χ0n) is 21.0. The first-order chi connectivity index (χ1) is 18.5. The highest BCUT2D eigenvalue weighted by Crippen LogP contribution is 2.31. The minimum Gasteiger partial charge on any atom is -0.508 e. The van der Waals surface area contributed by atoms with Crippen LogP contribution in [-0.4, -0.2) is 52.1 Å². The maximum absolute atomic E-state index is 13.8. The summed E-state index contributed by atoms with van der Waals surface area (Å²) in [6.07, 6.45) is 3.25. The van der Waals surface area contributed by atoms with Crippen LogP contribution in [0.4, 0.5) is 5.69 Å². The minimum atomic E-state index is -0.242. The molecule has 1 aromatic heterocycles. The van der Waals surface area contributed by atoms with Gasteiger partial charge in [-0.1, -0.05) is 42.5 Å². The molecule has 0 saturated carbocycles. The predicted octanol–water partition coefficient (Wildman–Crippen LogP) is 4.10. The number of phenols is 1. The van der Waals surface area contributed by atoms with Gasteiger partial charge in [-0.05, 0) is 47.0 Å². The third-order valence-electron chi connectivity index (χ3n) is 7.30. The summed E-state index contributed by atoms with van der Waals surface area (Å²) in [4.78, 5) is 19.1. The zero-order valence-corrected chi connectivity index (χ0v) is 21.9. The van der Waals surface area contributed by atoms with Crippen molar-refractivity contribution in [2.75, 3.05) is 31.1 Å². The Kier molecular flexibility index (Phi) is 6.82. The average Bonchev–Trinajstić information content (AvgIpc) is 3.33. The first-order valence-electron chi connectivity index (χ1n) is 12.9. The highest BCUT2D eigenvalue weighted by molar-refractivity contribution is 7.80. The molecule has 0 atom stereocenters. The minimum absolute atomic E-state index is 0.0899. The molecule has 0 bridgehead atoms. The Morgan fingerprint density at radius 1 is 0.921 bits per heavy atom. The van der Waals surface area contributed by atoms with Gasteiger partial charge < -0.3 is 14.7 Å². The van der Waals surface area contributed by atoms with E-state index in [9.17, 15) is 9.90 Å². The summed E-state index contributed by atoms with van der Waals surface area (Å²) in [5.41, 5.74) is 4.80. The van der Waals surface area contributed by atoms with E-state index in [1.54, 1.807) is 18.3 Å². The number of ether oxygens (including phenoxy) is 1. The first-order valence-corrected chi connectivity index (χ1v) is 13.4. The van der Waals surface area contributed by atoms with E-state index >= 15 is 0 Å². The van der Waals surface area contributed by atoms with E-state index in [-0.39, 0.29) is 17.4 Å². The van der Waals surface area contributed by atoms with Gasteiger partial charge in [-0.2, -0.15) is 9.78 Å². The van der Waals surface area contributed by atoms with Crippen LogP contribution in [0.15, 0.2) is 88.7 Å². The van der Waals surface area contributed by atoms with Crippen LogP contribution in [0.1, 0.15) is 16.7 Å². The summed E-state index contributed by atoms with van der Waals surface area (Å²) in [7, 11) is 0. The molecule has 6 rings (SSSR count). The van der Waals surface area contributed by atoms with E-state index in [2.05, 4.69) is 51.8 Å². The van der Waals surface area contributed by atoms with Crippen molar-refractivity contribution in [1.29, 1.82) is 0 Å². The van der Waals surface area contributed by atoms with Crippen molar-refractivity contribution in [3.8, 4) is 17.2 Å². The molecule has 1 fully saturated rings. The Balaban J connectivity index is 1.24. The Labute approximate surface area is 227 Å². The molecule has 1 aliphatic carbocycles. The Morgan fingerprint density at radius 3 is 2.29 bits per heavy atom. The van der Waals surface area contributed by atoms with Crippen molar-refractivity contribution in [2.24, 2.45) is 0 Å². The number of para-hydroxylation sites is 1. The second-order valence-corrected chi connectivity index (χ2v) is 10.5. The predicted molar refractivity (Wildman–Crippen MR) is 151 cm³/mol. The van der Waals surface area contributed by atoms with Gasteiger partial charge >= 0.3 is 5.56 Å². The van der Waals surface area contributed by atoms with Crippen molar-refractivity contribution in [3.63, 3.8) is 0 Å². The lowest BCUT2D eigenvalue weighted by atomic mass is 10.1. The molecular formula is C30H30N4O3S. The molecule has 0 amide bonds. The number of fused-ring (bicyclic) bond motifs is 1. The lowest BCUT2D eigenvalue weighted by Crippen LogP contribution is -2.46. The van der Waals surface area contributed by atoms with Crippen molar-refractivity contribution < 1.29 is 9.84 Å².